The minimum atomic E-state index is 0.812. The van der Waals surface area contributed by atoms with Crippen molar-refractivity contribution in [3.8, 4) is 17.0 Å². The van der Waals surface area contributed by atoms with E-state index >= 15 is 0 Å². The Balaban J connectivity index is 1.43. The summed E-state index contributed by atoms with van der Waals surface area (Å²) >= 11 is 3.19. The number of anilines is 2. The first kappa shape index (κ1) is 16.2. The van der Waals surface area contributed by atoms with E-state index in [1.165, 1.54) is 10.8 Å². The Morgan fingerprint density at radius 2 is 1.78 bits per heavy atom. The summed E-state index contributed by atoms with van der Waals surface area (Å²) in [5, 5.41) is 9.53. The monoisotopic (exact) mass is 389 g/mol. The smallest absolute Gasteiger partial charge is 0.190 e. The Labute approximate surface area is 164 Å². The van der Waals surface area contributed by atoms with Gasteiger partial charge in [0, 0.05) is 17.0 Å². The van der Waals surface area contributed by atoms with Gasteiger partial charge < -0.3 is 10.1 Å². The molecule has 1 N–H and O–H groups in total. The lowest BCUT2D eigenvalue weighted by molar-refractivity contribution is 0.415. The number of ether oxygens (including phenoxy) is 1. The number of hydrogen-bond donors (Lipinski definition) is 1. The number of nitrogens with zero attached hydrogens (tertiary/aromatic N) is 2. The third-order valence-electron chi connectivity index (χ3n) is 4.36. The van der Waals surface area contributed by atoms with Crippen molar-refractivity contribution in [3.05, 3.63) is 66.0 Å². The molecule has 5 aromatic rings. The van der Waals surface area contributed by atoms with E-state index < -0.39 is 0 Å². The van der Waals surface area contributed by atoms with Crippen LogP contribution in [0.25, 0.3) is 32.2 Å². The molecule has 2 aromatic heterocycles. The summed E-state index contributed by atoms with van der Waals surface area (Å²) in [5.74, 6) is 0.812. The second-order valence-corrected chi connectivity index (χ2v) is 7.97. The van der Waals surface area contributed by atoms with Crippen LogP contribution in [0.4, 0.5) is 10.3 Å². The molecule has 0 saturated carbocycles. The van der Waals surface area contributed by atoms with Crippen molar-refractivity contribution in [2.75, 3.05) is 12.4 Å². The minimum Gasteiger partial charge on any atom is -0.497 e. The number of nitrogens with one attached hydrogen (secondary N) is 1. The quantitative estimate of drug-likeness (QED) is 0.390. The van der Waals surface area contributed by atoms with Crippen molar-refractivity contribution in [2.45, 2.75) is 0 Å². The van der Waals surface area contributed by atoms with Crippen molar-refractivity contribution >= 4 is 53.9 Å². The lowest BCUT2D eigenvalue weighted by Gasteiger charge is -2.01. The van der Waals surface area contributed by atoms with Crippen LogP contribution in [-0.4, -0.2) is 17.1 Å². The number of fused-ring (bicyclic) bond motifs is 2. The van der Waals surface area contributed by atoms with Crippen LogP contribution in [0.3, 0.4) is 0 Å². The maximum absolute atomic E-state index is 5.27. The van der Waals surface area contributed by atoms with E-state index in [4.69, 9.17) is 9.72 Å². The van der Waals surface area contributed by atoms with E-state index in [-0.39, 0.29) is 0 Å². The van der Waals surface area contributed by atoms with Crippen LogP contribution in [-0.2, 0) is 0 Å². The molecule has 0 atom stereocenters. The van der Waals surface area contributed by atoms with Gasteiger partial charge in [-0.25, -0.2) is 9.97 Å². The fourth-order valence-corrected chi connectivity index (χ4v) is 4.62. The second-order valence-electron chi connectivity index (χ2n) is 6.08. The molecule has 0 radical (unpaired) electrons. The largest absolute Gasteiger partial charge is 0.497 e. The maximum atomic E-state index is 5.27. The van der Waals surface area contributed by atoms with Crippen molar-refractivity contribution in [1.82, 2.24) is 9.97 Å². The van der Waals surface area contributed by atoms with E-state index in [0.29, 0.717) is 0 Å². The van der Waals surface area contributed by atoms with Gasteiger partial charge >= 0.3 is 0 Å². The highest BCUT2D eigenvalue weighted by molar-refractivity contribution is 7.22. The van der Waals surface area contributed by atoms with Gasteiger partial charge in [-0.1, -0.05) is 47.7 Å². The summed E-state index contributed by atoms with van der Waals surface area (Å²) in [6.45, 7) is 0. The molecule has 0 aliphatic rings. The Hall–Kier alpha value is -2.96. The molecule has 0 spiro atoms. The van der Waals surface area contributed by atoms with Gasteiger partial charge in [-0.2, -0.15) is 0 Å². The van der Waals surface area contributed by atoms with Crippen molar-refractivity contribution < 1.29 is 4.74 Å². The molecule has 132 valence electrons. The molecule has 0 fully saturated rings. The average molecular weight is 390 g/mol. The van der Waals surface area contributed by atoms with E-state index in [2.05, 4.69) is 58.1 Å². The molecule has 0 amide bonds. The summed E-state index contributed by atoms with van der Waals surface area (Å²) in [7, 11) is 1.66. The number of thiazole rings is 2. The van der Waals surface area contributed by atoms with E-state index in [1.54, 1.807) is 29.8 Å². The van der Waals surface area contributed by atoms with Gasteiger partial charge in [-0.05, 0) is 29.0 Å². The highest BCUT2D eigenvalue weighted by atomic mass is 32.1. The average Bonchev–Trinajstić information content (AvgIpc) is 3.33. The van der Waals surface area contributed by atoms with Crippen molar-refractivity contribution in [3.63, 3.8) is 0 Å². The molecule has 0 aliphatic carbocycles. The van der Waals surface area contributed by atoms with Gasteiger partial charge in [0.25, 0.3) is 0 Å². The first-order valence-corrected chi connectivity index (χ1v) is 10.1. The predicted octanol–water partition coefficient (Wildman–Crippen LogP) is 6.33. The van der Waals surface area contributed by atoms with Crippen molar-refractivity contribution in [2.24, 2.45) is 0 Å². The molecule has 0 unspecified atom stereocenters. The lowest BCUT2D eigenvalue weighted by atomic mass is 10.1. The highest BCUT2D eigenvalue weighted by Crippen LogP contribution is 2.33. The molecule has 6 heteroatoms. The van der Waals surface area contributed by atoms with E-state index in [9.17, 15) is 0 Å². The van der Waals surface area contributed by atoms with Gasteiger partial charge in [0.05, 0.1) is 23.0 Å². The first-order valence-electron chi connectivity index (χ1n) is 8.45. The van der Waals surface area contributed by atoms with Crippen LogP contribution in [0.1, 0.15) is 0 Å². The normalized spacial score (nSPS) is 11.1. The summed E-state index contributed by atoms with van der Waals surface area (Å²) in [6.07, 6.45) is 0. The van der Waals surface area contributed by atoms with Crippen LogP contribution in [0.15, 0.2) is 66.0 Å². The van der Waals surface area contributed by atoms with E-state index in [1.807, 2.05) is 18.2 Å². The molecule has 3 aromatic carbocycles. The molecule has 5 rings (SSSR count). The number of methoxy groups -OCH3 is 1. The highest BCUT2D eigenvalue weighted by Gasteiger charge is 2.09. The Morgan fingerprint density at radius 1 is 0.889 bits per heavy atom. The number of hydrogen-bond acceptors (Lipinski definition) is 6. The molecule has 2 heterocycles. The SMILES string of the molecule is COc1ccc2sc(Nc3nc(-c4ccc5ccccc5c4)cs3)nc2c1. The molecule has 0 aliphatic heterocycles. The lowest BCUT2D eigenvalue weighted by Crippen LogP contribution is -1.88. The van der Waals surface area contributed by atoms with Crippen LogP contribution >= 0.6 is 22.7 Å². The molecule has 4 nitrogen and oxygen atoms in total. The second kappa shape index (κ2) is 6.64. The Bertz CT molecular complexity index is 1260. The predicted molar refractivity (Wildman–Crippen MR) is 115 cm³/mol. The Kier molecular flexibility index (Phi) is 3.99. The topological polar surface area (TPSA) is 47.0 Å². The number of benzene rings is 3. The summed E-state index contributed by atoms with van der Waals surface area (Å²) < 4.78 is 6.38. The van der Waals surface area contributed by atoms with Gasteiger partial charge in [0.2, 0.25) is 0 Å². The van der Waals surface area contributed by atoms with E-state index in [0.717, 1.165) is 37.5 Å². The fraction of sp³-hybridized carbons (Fsp3) is 0.0476. The van der Waals surface area contributed by atoms with Gasteiger partial charge in [0.15, 0.2) is 10.3 Å². The first-order chi connectivity index (χ1) is 13.3. The standard InChI is InChI=1S/C21H15N3OS2/c1-25-16-8-9-19-17(11-16)22-21(27-19)24-20-23-18(12-26-20)15-7-6-13-4-2-3-5-14(13)10-15/h2-12H,1H3,(H,22,23,24). The van der Waals surface area contributed by atoms with Crippen LogP contribution in [0.5, 0.6) is 5.75 Å². The molecular formula is C21H15N3OS2. The fourth-order valence-electron chi connectivity index (χ4n) is 2.99. The third-order valence-corrected chi connectivity index (χ3v) is 6.07. The van der Waals surface area contributed by atoms with Crippen LogP contribution < -0.4 is 10.1 Å². The van der Waals surface area contributed by atoms with Gasteiger partial charge in [0.1, 0.15) is 5.75 Å². The van der Waals surface area contributed by atoms with Crippen LogP contribution in [0.2, 0.25) is 0 Å². The van der Waals surface area contributed by atoms with Gasteiger partial charge in [-0.15, -0.1) is 11.3 Å². The Morgan fingerprint density at radius 3 is 2.67 bits per heavy atom. The zero-order valence-electron chi connectivity index (χ0n) is 14.5. The third kappa shape index (κ3) is 3.13. The van der Waals surface area contributed by atoms with Crippen molar-refractivity contribution in [1.29, 1.82) is 0 Å². The molecule has 0 bridgehead atoms. The summed E-state index contributed by atoms with van der Waals surface area (Å²) in [6, 6.07) is 20.7. The molecular weight excluding hydrogens is 374 g/mol. The van der Waals surface area contributed by atoms with Crippen LogP contribution in [0, 0.1) is 0 Å². The maximum Gasteiger partial charge on any atom is 0.190 e. The minimum absolute atomic E-state index is 0.812. The summed E-state index contributed by atoms with van der Waals surface area (Å²) in [4.78, 5) is 9.37. The summed E-state index contributed by atoms with van der Waals surface area (Å²) in [5.41, 5.74) is 3.01. The number of rotatable bonds is 4. The number of aromatic nitrogens is 2. The zero-order chi connectivity index (χ0) is 18.2. The molecule has 27 heavy (non-hydrogen) atoms. The zero-order valence-corrected chi connectivity index (χ0v) is 16.1. The van der Waals surface area contributed by atoms with Gasteiger partial charge in [-0.3, -0.25) is 0 Å². The molecule has 0 saturated heterocycles.